The Bertz CT molecular complexity index is 658. The van der Waals surface area contributed by atoms with Crippen molar-refractivity contribution in [2.45, 2.75) is 19.4 Å². The maximum absolute atomic E-state index is 11.8. The highest BCUT2D eigenvalue weighted by atomic mass is 16.6. The standard InChI is InChI=1S/C14H13N3O4/c1-2-3-8-15-14(18)13-9-11(16-21-13)10-6-4-5-7-12(10)17(19)20/h4-7,13H,8-9H2,1H3,(H,15,18). The van der Waals surface area contributed by atoms with E-state index >= 15 is 0 Å². The van der Waals surface area contributed by atoms with E-state index < -0.39 is 11.0 Å². The molecule has 0 aromatic heterocycles. The van der Waals surface area contributed by atoms with E-state index in [0.29, 0.717) is 11.3 Å². The third kappa shape index (κ3) is 3.36. The summed E-state index contributed by atoms with van der Waals surface area (Å²) in [6.45, 7) is 1.91. The quantitative estimate of drug-likeness (QED) is 0.512. The Balaban J connectivity index is 2.07. The number of para-hydroxylation sites is 1. The molecular weight excluding hydrogens is 274 g/mol. The lowest BCUT2D eigenvalue weighted by Gasteiger charge is -2.06. The normalized spacial score (nSPS) is 16.2. The first kappa shape index (κ1) is 14.5. The van der Waals surface area contributed by atoms with E-state index in [2.05, 4.69) is 22.3 Å². The van der Waals surface area contributed by atoms with E-state index in [9.17, 15) is 14.9 Å². The Kier molecular flexibility index (Phi) is 4.51. The molecule has 0 bridgehead atoms. The lowest BCUT2D eigenvalue weighted by atomic mass is 10.0. The molecule has 0 aliphatic carbocycles. The molecule has 1 heterocycles. The van der Waals surface area contributed by atoms with Crippen LogP contribution < -0.4 is 5.32 Å². The molecule has 1 atom stereocenters. The monoisotopic (exact) mass is 287 g/mol. The van der Waals surface area contributed by atoms with E-state index in [0.717, 1.165) is 0 Å². The Labute approximate surface area is 121 Å². The summed E-state index contributed by atoms with van der Waals surface area (Å²) in [4.78, 5) is 27.4. The average Bonchev–Trinajstić information content (AvgIpc) is 2.97. The van der Waals surface area contributed by atoms with Crippen LogP contribution in [0.3, 0.4) is 0 Å². The molecular formula is C14H13N3O4. The predicted octanol–water partition coefficient (Wildman–Crippen LogP) is 1.23. The van der Waals surface area contributed by atoms with E-state index in [1.54, 1.807) is 25.1 Å². The number of nitrogens with one attached hydrogen (secondary N) is 1. The van der Waals surface area contributed by atoms with Crippen LogP contribution in [0.2, 0.25) is 0 Å². The fourth-order valence-corrected chi connectivity index (χ4v) is 1.89. The van der Waals surface area contributed by atoms with Gasteiger partial charge in [-0.2, -0.15) is 0 Å². The van der Waals surface area contributed by atoms with Crippen molar-refractivity contribution >= 4 is 17.3 Å². The number of hydrogen-bond acceptors (Lipinski definition) is 5. The topological polar surface area (TPSA) is 93.8 Å². The second-order valence-corrected chi connectivity index (χ2v) is 4.25. The molecule has 0 saturated carbocycles. The van der Waals surface area contributed by atoms with E-state index in [4.69, 9.17) is 4.84 Å². The summed E-state index contributed by atoms with van der Waals surface area (Å²) in [5, 5.41) is 17.4. The van der Waals surface area contributed by atoms with Crippen LogP contribution >= 0.6 is 0 Å². The minimum absolute atomic E-state index is 0.0576. The molecule has 21 heavy (non-hydrogen) atoms. The molecule has 0 spiro atoms. The summed E-state index contributed by atoms with van der Waals surface area (Å²) in [5.74, 6) is 5.03. The number of oxime groups is 1. The van der Waals surface area contributed by atoms with Gasteiger partial charge in [0.25, 0.3) is 11.6 Å². The molecule has 1 aromatic rings. The zero-order chi connectivity index (χ0) is 15.2. The number of benzene rings is 1. The van der Waals surface area contributed by atoms with Crippen LogP contribution in [-0.2, 0) is 9.63 Å². The summed E-state index contributed by atoms with van der Waals surface area (Å²) in [7, 11) is 0. The number of carbonyl (C=O) groups excluding carboxylic acids is 1. The highest BCUT2D eigenvalue weighted by Gasteiger charge is 2.31. The van der Waals surface area contributed by atoms with Crippen LogP contribution in [0.25, 0.3) is 0 Å². The SMILES string of the molecule is CC#CCNC(=O)C1CC(c2ccccc2[N+](=O)[O-])=NO1. The van der Waals surface area contributed by atoms with Crippen molar-refractivity contribution in [1.82, 2.24) is 5.32 Å². The fraction of sp³-hybridized carbons (Fsp3) is 0.286. The molecule has 0 fully saturated rings. The molecule has 2 rings (SSSR count). The molecule has 108 valence electrons. The second kappa shape index (κ2) is 6.52. The van der Waals surface area contributed by atoms with Crippen LogP contribution in [-0.4, -0.2) is 29.2 Å². The molecule has 7 nitrogen and oxygen atoms in total. The highest BCUT2D eigenvalue weighted by Crippen LogP contribution is 2.24. The predicted molar refractivity (Wildman–Crippen MR) is 75.6 cm³/mol. The summed E-state index contributed by atoms with van der Waals surface area (Å²) < 4.78 is 0. The molecule has 1 N–H and O–H groups in total. The zero-order valence-corrected chi connectivity index (χ0v) is 11.3. The smallest absolute Gasteiger partial charge is 0.278 e. The van der Waals surface area contributed by atoms with Gasteiger partial charge < -0.3 is 10.2 Å². The van der Waals surface area contributed by atoms with Crippen molar-refractivity contribution in [3.63, 3.8) is 0 Å². The van der Waals surface area contributed by atoms with Crippen molar-refractivity contribution in [2.24, 2.45) is 5.16 Å². The fourth-order valence-electron chi connectivity index (χ4n) is 1.89. The number of carbonyl (C=O) groups is 1. The maximum Gasteiger partial charge on any atom is 0.278 e. The van der Waals surface area contributed by atoms with Crippen LogP contribution in [0.1, 0.15) is 18.9 Å². The number of hydrogen-bond donors (Lipinski definition) is 1. The Hall–Kier alpha value is -2.88. The number of nitrogens with zero attached hydrogens (tertiary/aromatic N) is 2. The van der Waals surface area contributed by atoms with Gasteiger partial charge in [0.05, 0.1) is 22.7 Å². The summed E-state index contributed by atoms with van der Waals surface area (Å²) in [5.41, 5.74) is 0.702. The molecule has 1 aromatic carbocycles. The third-order valence-corrected chi connectivity index (χ3v) is 2.90. The van der Waals surface area contributed by atoms with Gasteiger partial charge in [-0.1, -0.05) is 23.2 Å². The van der Waals surface area contributed by atoms with Gasteiger partial charge in [-0.15, -0.1) is 5.92 Å². The number of nitro groups is 1. The van der Waals surface area contributed by atoms with Gasteiger partial charge in [0.1, 0.15) is 0 Å². The lowest BCUT2D eigenvalue weighted by molar-refractivity contribution is -0.385. The van der Waals surface area contributed by atoms with Gasteiger partial charge in [0, 0.05) is 12.5 Å². The third-order valence-electron chi connectivity index (χ3n) is 2.90. The number of amides is 1. The molecule has 0 saturated heterocycles. The Morgan fingerprint density at radius 2 is 2.33 bits per heavy atom. The minimum Gasteiger partial charge on any atom is -0.382 e. The second-order valence-electron chi connectivity index (χ2n) is 4.25. The van der Waals surface area contributed by atoms with Gasteiger partial charge in [0.15, 0.2) is 0 Å². The van der Waals surface area contributed by atoms with Crippen LogP contribution in [0.15, 0.2) is 29.4 Å². The Morgan fingerprint density at radius 1 is 1.57 bits per heavy atom. The van der Waals surface area contributed by atoms with Gasteiger partial charge in [0.2, 0.25) is 6.10 Å². The Morgan fingerprint density at radius 3 is 3.05 bits per heavy atom. The van der Waals surface area contributed by atoms with E-state index in [1.807, 2.05) is 0 Å². The van der Waals surface area contributed by atoms with Gasteiger partial charge in [-0.05, 0) is 13.0 Å². The lowest BCUT2D eigenvalue weighted by Crippen LogP contribution is -2.35. The first-order valence-electron chi connectivity index (χ1n) is 6.27. The zero-order valence-electron chi connectivity index (χ0n) is 11.3. The molecule has 1 amide bonds. The van der Waals surface area contributed by atoms with E-state index in [-0.39, 0.29) is 24.6 Å². The van der Waals surface area contributed by atoms with E-state index in [1.165, 1.54) is 6.07 Å². The maximum atomic E-state index is 11.8. The molecule has 1 aliphatic rings. The van der Waals surface area contributed by atoms with Gasteiger partial charge in [-0.25, -0.2) is 0 Å². The largest absolute Gasteiger partial charge is 0.382 e. The average molecular weight is 287 g/mol. The van der Waals surface area contributed by atoms with Gasteiger partial charge >= 0.3 is 0 Å². The summed E-state index contributed by atoms with van der Waals surface area (Å²) in [6.07, 6.45) is -0.588. The first-order chi connectivity index (χ1) is 10.1. The summed E-state index contributed by atoms with van der Waals surface area (Å²) in [6, 6.07) is 6.23. The molecule has 0 radical (unpaired) electrons. The van der Waals surface area contributed by atoms with Crippen LogP contribution in [0.4, 0.5) is 5.69 Å². The van der Waals surface area contributed by atoms with Crippen LogP contribution in [0.5, 0.6) is 0 Å². The highest BCUT2D eigenvalue weighted by molar-refractivity contribution is 6.06. The summed E-state index contributed by atoms with van der Waals surface area (Å²) >= 11 is 0. The van der Waals surface area contributed by atoms with Crippen molar-refractivity contribution < 1.29 is 14.6 Å². The molecule has 1 unspecified atom stereocenters. The van der Waals surface area contributed by atoms with Gasteiger partial charge in [-0.3, -0.25) is 14.9 Å². The van der Waals surface area contributed by atoms with Crippen molar-refractivity contribution in [1.29, 1.82) is 0 Å². The first-order valence-corrected chi connectivity index (χ1v) is 6.27. The number of nitro benzene ring substituents is 1. The van der Waals surface area contributed by atoms with Crippen molar-refractivity contribution in [2.75, 3.05) is 6.54 Å². The molecule has 7 heteroatoms. The minimum atomic E-state index is -0.779. The van der Waals surface area contributed by atoms with Crippen molar-refractivity contribution in [3.05, 3.63) is 39.9 Å². The number of rotatable bonds is 4. The molecule has 1 aliphatic heterocycles. The van der Waals surface area contributed by atoms with Crippen molar-refractivity contribution in [3.8, 4) is 11.8 Å². The van der Waals surface area contributed by atoms with Crippen LogP contribution in [0, 0.1) is 22.0 Å².